The number of halogens is 1. The van der Waals surface area contributed by atoms with Gasteiger partial charge in [-0.25, -0.2) is 4.72 Å². The summed E-state index contributed by atoms with van der Waals surface area (Å²) < 4.78 is 37.2. The average molecular weight is 480 g/mol. The highest BCUT2D eigenvalue weighted by molar-refractivity contribution is 7.88. The molecule has 2 aromatic heterocycles. The van der Waals surface area contributed by atoms with E-state index in [1.54, 1.807) is 23.9 Å². The Morgan fingerprint density at radius 3 is 2.78 bits per heavy atom. The smallest absolute Gasteiger partial charge is 0.301 e. The number of aromatic nitrogens is 3. The summed E-state index contributed by atoms with van der Waals surface area (Å²) in [6, 6.07) is 7.51. The van der Waals surface area contributed by atoms with E-state index in [0.29, 0.717) is 16.3 Å². The number of amides is 1. The quantitative estimate of drug-likeness (QED) is 0.362. The molecule has 3 rings (SSSR count). The van der Waals surface area contributed by atoms with Gasteiger partial charge < -0.3 is 9.30 Å². The van der Waals surface area contributed by atoms with Crippen LogP contribution in [0.2, 0.25) is 5.02 Å². The van der Waals surface area contributed by atoms with Crippen LogP contribution in [0.15, 0.2) is 36.5 Å². The van der Waals surface area contributed by atoms with Crippen LogP contribution in [0.3, 0.4) is 0 Å². The Morgan fingerprint density at radius 2 is 2.06 bits per heavy atom. The van der Waals surface area contributed by atoms with Gasteiger partial charge in [0, 0.05) is 41.8 Å². The van der Waals surface area contributed by atoms with Gasteiger partial charge in [0.25, 0.3) is 5.91 Å². The summed E-state index contributed by atoms with van der Waals surface area (Å²) in [7, 11) is -2.19. The van der Waals surface area contributed by atoms with Crippen molar-refractivity contribution in [2.45, 2.75) is 26.9 Å². The molecule has 0 aliphatic rings. The molecule has 0 aliphatic heterocycles. The lowest BCUT2D eigenvalue weighted by Gasteiger charge is -2.09. The van der Waals surface area contributed by atoms with Gasteiger partial charge in [-0.05, 0) is 51.1 Å². The monoisotopic (exact) mass is 479 g/mol. The number of aryl methyl sites for hydroxylation is 2. The fraction of sp³-hybridized carbons (Fsp3) is 0.333. The number of ether oxygens (including phenoxy) is 1. The SMILES string of the molecule is Cc1nn(C)c(-n2ccc3cc(Cl)ccc32)c1/C=C/C(=O)NS(=O)(=O)NCCOC(C)C. The molecule has 0 fully saturated rings. The molecule has 0 spiro atoms. The van der Waals surface area contributed by atoms with Gasteiger partial charge >= 0.3 is 10.2 Å². The standard InChI is InChI=1S/C21H26ClN5O4S/c1-14(2)31-12-10-23-32(29,30)25-20(28)8-6-18-15(3)24-26(4)21(18)27-11-9-16-13-17(22)5-7-19(16)27/h5-9,11,13-14,23H,10,12H2,1-4H3,(H,25,28)/b8-6+. The van der Waals surface area contributed by atoms with Gasteiger partial charge in [0.2, 0.25) is 0 Å². The van der Waals surface area contributed by atoms with Crippen molar-refractivity contribution >= 4 is 44.7 Å². The number of fused-ring (bicyclic) bond motifs is 1. The fourth-order valence-electron chi connectivity index (χ4n) is 3.27. The van der Waals surface area contributed by atoms with Crippen molar-refractivity contribution in [2.24, 2.45) is 7.05 Å². The molecule has 0 atom stereocenters. The van der Waals surface area contributed by atoms with Crippen LogP contribution >= 0.6 is 11.6 Å². The second-order valence-corrected chi connectivity index (χ2v) is 9.39. The summed E-state index contributed by atoms with van der Waals surface area (Å²) in [6.07, 6.45) is 4.59. The Balaban J connectivity index is 1.78. The Bertz CT molecular complexity index is 1260. The van der Waals surface area contributed by atoms with E-state index in [9.17, 15) is 13.2 Å². The van der Waals surface area contributed by atoms with E-state index in [4.69, 9.17) is 16.3 Å². The first-order chi connectivity index (χ1) is 15.1. The molecule has 1 aromatic carbocycles. The molecule has 0 saturated heterocycles. The van der Waals surface area contributed by atoms with Crippen molar-refractivity contribution in [3.63, 3.8) is 0 Å². The largest absolute Gasteiger partial charge is 0.377 e. The van der Waals surface area contributed by atoms with Gasteiger partial charge in [0.05, 0.1) is 23.9 Å². The van der Waals surface area contributed by atoms with Crippen molar-refractivity contribution in [3.05, 3.63) is 52.8 Å². The van der Waals surface area contributed by atoms with Crippen molar-refractivity contribution in [1.29, 1.82) is 0 Å². The van der Waals surface area contributed by atoms with E-state index in [-0.39, 0.29) is 19.3 Å². The average Bonchev–Trinajstić information content (AvgIpc) is 3.22. The van der Waals surface area contributed by atoms with E-state index in [1.165, 1.54) is 6.08 Å². The molecule has 0 bridgehead atoms. The van der Waals surface area contributed by atoms with Gasteiger partial charge in [0.15, 0.2) is 0 Å². The zero-order valence-electron chi connectivity index (χ0n) is 18.3. The van der Waals surface area contributed by atoms with Gasteiger partial charge in [-0.3, -0.25) is 9.48 Å². The predicted molar refractivity (Wildman–Crippen MR) is 125 cm³/mol. The third-order valence-electron chi connectivity index (χ3n) is 4.60. The maximum absolute atomic E-state index is 12.2. The lowest BCUT2D eigenvalue weighted by Crippen LogP contribution is -2.41. The molecule has 0 unspecified atom stereocenters. The fourth-order valence-corrected chi connectivity index (χ4v) is 4.21. The molecule has 0 radical (unpaired) electrons. The minimum absolute atomic E-state index is 0.0108. The van der Waals surface area contributed by atoms with Gasteiger partial charge in [-0.1, -0.05) is 11.6 Å². The van der Waals surface area contributed by atoms with E-state index >= 15 is 0 Å². The van der Waals surface area contributed by atoms with E-state index in [1.807, 2.05) is 54.5 Å². The topological polar surface area (TPSA) is 107 Å². The van der Waals surface area contributed by atoms with Gasteiger partial charge in [-0.15, -0.1) is 0 Å². The van der Waals surface area contributed by atoms with E-state index in [2.05, 4.69) is 9.82 Å². The zero-order valence-corrected chi connectivity index (χ0v) is 19.9. The number of carbonyl (C=O) groups is 1. The van der Waals surface area contributed by atoms with E-state index < -0.39 is 16.1 Å². The third kappa shape index (κ3) is 5.77. The van der Waals surface area contributed by atoms with Crippen LogP contribution in [0.5, 0.6) is 0 Å². The van der Waals surface area contributed by atoms with Crippen molar-refractivity contribution in [1.82, 2.24) is 23.8 Å². The minimum atomic E-state index is -3.99. The molecule has 0 aliphatic carbocycles. The van der Waals surface area contributed by atoms with Crippen LogP contribution in [-0.4, -0.2) is 47.9 Å². The van der Waals surface area contributed by atoms with Crippen molar-refractivity contribution in [2.75, 3.05) is 13.2 Å². The summed E-state index contributed by atoms with van der Waals surface area (Å²) in [4.78, 5) is 12.2. The number of carbonyl (C=O) groups excluding carboxylic acids is 1. The number of hydrogen-bond donors (Lipinski definition) is 2. The summed E-state index contributed by atoms with van der Waals surface area (Å²) >= 11 is 6.09. The van der Waals surface area contributed by atoms with Gasteiger partial charge in [-0.2, -0.15) is 18.2 Å². The first kappa shape index (κ1) is 24.0. The van der Waals surface area contributed by atoms with E-state index in [0.717, 1.165) is 16.7 Å². The molecule has 3 aromatic rings. The van der Waals surface area contributed by atoms with Crippen LogP contribution in [0, 0.1) is 6.92 Å². The van der Waals surface area contributed by atoms with Crippen molar-refractivity contribution in [3.8, 4) is 5.82 Å². The van der Waals surface area contributed by atoms with Crippen LogP contribution in [0.4, 0.5) is 0 Å². The molecule has 9 nitrogen and oxygen atoms in total. The number of rotatable bonds is 9. The first-order valence-corrected chi connectivity index (χ1v) is 11.8. The summed E-state index contributed by atoms with van der Waals surface area (Å²) in [5.74, 6) is -0.0451. The summed E-state index contributed by atoms with van der Waals surface area (Å²) in [5.41, 5.74) is 2.30. The minimum Gasteiger partial charge on any atom is -0.377 e. The second kappa shape index (κ2) is 9.86. The van der Waals surface area contributed by atoms with Crippen LogP contribution in [-0.2, 0) is 26.8 Å². The maximum atomic E-state index is 12.2. The highest BCUT2D eigenvalue weighted by Gasteiger charge is 2.16. The molecule has 0 saturated carbocycles. The second-order valence-electron chi connectivity index (χ2n) is 7.45. The lowest BCUT2D eigenvalue weighted by atomic mass is 10.2. The zero-order chi connectivity index (χ0) is 23.5. The summed E-state index contributed by atoms with van der Waals surface area (Å²) in [6.45, 7) is 5.78. The highest BCUT2D eigenvalue weighted by atomic mass is 35.5. The molecule has 172 valence electrons. The van der Waals surface area contributed by atoms with Crippen LogP contribution in [0.25, 0.3) is 22.8 Å². The normalized spacial score (nSPS) is 12.3. The number of nitrogens with one attached hydrogen (secondary N) is 2. The molecular formula is C21H26ClN5O4S. The van der Waals surface area contributed by atoms with Crippen molar-refractivity contribution < 1.29 is 17.9 Å². The maximum Gasteiger partial charge on any atom is 0.301 e. The molecule has 32 heavy (non-hydrogen) atoms. The highest BCUT2D eigenvalue weighted by Crippen LogP contribution is 2.27. The molecule has 2 heterocycles. The number of benzene rings is 1. The Kier molecular flexibility index (Phi) is 7.40. The molecule has 1 amide bonds. The first-order valence-electron chi connectivity index (χ1n) is 9.99. The lowest BCUT2D eigenvalue weighted by molar-refractivity contribution is -0.114. The Morgan fingerprint density at radius 1 is 1.31 bits per heavy atom. The molecular weight excluding hydrogens is 454 g/mol. The third-order valence-corrected chi connectivity index (χ3v) is 5.89. The molecule has 2 N–H and O–H groups in total. The summed E-state index contributed by atoms with van der Waals surface area (Å²) in [5, 5.41) is 6.05. The number of hydrogen-bond acceptors (Lipinski definition) is 5. The van der Waals surface area contributed by atoms with Gasteiger partial charge in [0.1, 0.15) is 5.82 Å². The van der Waals surface area contributed by atoms with Crippen LogP contribution in [0.1, 0.15) is 25.1 Å². The van der Waals surface area contributed by atoms with Crippen LogP contribution < -0.4 is 9.44 Å². The molecule has 11 heteroatoms. The predicted octanol–water partition coefficient (Wildman–Crippen LogP) is 2.71. The number of nitrogens with zero attached hydrogens (tertiary/aromatic N) is 3. The Hall–Kier alpha value is -2.66. The Labute approximate surface area is 192 Å².